The largest absolute Gasteiger partial charge is 0.370 e. The fourth-order valence-electron chi connectivity index (χ4n) is 0.184. The van der Waals surface area contributed by atoms with Crippen molar-refractivity contribution in [1.82, 2.24) is 0 Å². The lowest BCUT2D eigenvalue weighted by molar-refractivity contribution is -0.148. The van der Waals surface area contributed by atoms with E-state index in [1.54, 1.807) is 0 Å². The van der Waals surface area contributed by atoms with Gasteiger partial charge in [0.05, 0.1) is 0 Å². The molecule has 0 rings (SSSR count). The zero-order chi connectivity index (χ0) is 7.28. The molecule has 0 saturated heterocycles. The van der Waals surface area contributed by atoms with Crippen LogP contribution in [0.3, 0.4) is 0 Å². The Kier molecular flexibility index (Phi) is 3.49. The second-order valence-electron chi connectivity index (χ2n) is 1.42. The van der Waals surface area contributed by atoms with Crippen molar-refractivity contribution in [1.29, 1.82) is 0 Å². The molecular formula is C6H7O3. The molecule has 1 radical (unpaired) electrons. The summed E-state index contributed by atoms with van der Waals surface area (Å²) in [6.45, 7) is 2.72. The molecule has 0 aliphatic carbocycles. The van der Waals surface area contributed by atoms with Gasteiger partial charge in [-0.2, -0.15) is 0 Å². The maximum absolute atomic E-state index is 10.3. The summed E-state index contributed by atoms with van der Waals surface area (Å²) in [5, 5.41) is 10.2. The number of hydrogen-bond donors (Lipinski definition) is 0. The predicted molar refractivity (Wildman–Crippen MR) is 29.7 cm³/mol. The van der Waals surface area contributed by atoms with Crippen molar-refractivity contribution in [2.45, 2.75) is 20.0 Å². The van der Waals surface area contributed by atoms with Crippen molar-refractivity contribution in [2.24, 2.45) is 0 Å². The van der Waals surface area contributed by atoms with Gasteiger partial charge >= 0.3 is 5.97 Å². The summed E-state index contributed by atoms with van der Waals surface area (Å²) >= 11 is 0. The summed E-state index contributed by atoms with van der Waals surface area (Å²) in [5.74, 6) is 1.49. The molecule has 1 unspecified atom stereocenters. The standard InChI is InChI=1S/C6H7O3/c1-3-4-9-6(8)5(2)7/h5H,1-2H3. The van der Waals surface area contributed by atoms with E-state index in [2.05, 4.69) is 10.7 Å². The summed E-state index contributed by atoms with van der Waals surface area (Å²) in [7, 11) is 0. The molecular weight excluding hydrogens is 120 g/mol. The second-order valence-corrected chi connectivity index (χ2v) is 1.42. The van der Waals surface area contributed by atoms with Crippen LogP contribution in [0.4, 0.5) is 0 Å². The average molecular weight is 127 g/mol. The van der Waals surface area contributed by atoms with E-state index in [9.17, 15) is 9.90 Å². The highest BCUT2D eigenvalue weighted by atomic mass is 16.5. The Morgan fingerprint density at radius 3 is 2.56 bits per heavy atom. The molecule has 0 aliphatic rings. The summed E-state index contributed by atoms with van der Waals surface area (Å²) in [5.41, 5.74) is 0. The van der Waals surface area contributed by atoms with Crippen LogP contribution in [0.5, 0.6) is 0 Å². The van der Waals surface area contributed by atoms with E-state index in [4.69, 9.17) is 0 Å². The highest BCUT2D eigenvalue weighted by Crippen LogP contribution is 1.84. The summed E-state index contributed by atoms with van der Waals surface area (Å²) < 4.78 is 4.14. The maximum atomic E-state index is 10.3. The number of esters is 1. The molecule has 0 aliphatic heterocycles. The van der Waals surface area contributed by atoms with E-state index in [0.29, 0.717) is 0 Å². The molecule has 0 amide bonds. The van der Waals surface area contributed by atoms with Crippen LogP contribution in [0.25, 0.3) is 0 Å². The topological polar surface area (TPSA) is 46.2 Å². The van der Waals surface area contributed by atoms with E-state index in [-0.39, 0.29) is 0 Å². The van der Waals surface area contributed by atoms with Crippen molar-refractivity contribution in [3.63, 3.8) is 0 Å². The average Bonchev–Trinajstić information content (AvgIpc) is 1.82. The first-order valence-electron chi connectivity index (χ1n) is 2.46. The third kappa shape index (κ3) is 3.56. The van der Waals surface area contributed by atoms with Gasteiger partial charge in [-0.3, -0.25) is 0 Å². The Morgan fingerprint density at radius 2 is 2.22 bits per heavy atom. The molecule has 0 saturated carbocycles. The van der Waals surface area contributed by atoms with Crippen molar-refractivity contribution >= 4 is 5.97 Å². The fourth-order valence-corrected chi connectivity index (χ4v) is 0.184. The molecule has 0 aromatic carbocycles. The van der Waals surface area contributed by atoms with Gasteiger partial charge in [-0.05, 0) is 6.92 Å². The van der Waals surface area contributed by atoms with Gasteiger partial charge in [0.2, 0.25) is 0 Å². The van der Waals surface area contributed by atoms with Gasteiger partial charge < -0.3 is 4.74 Å². The first-order valence-corrected chi connectivity index (χ1v) is 2.46. The van der Waals surface area contributed by atoms with Gasteiger partial charge in [0.15, 0.2) is 6.10 Å². The highest BCUT2D eigenvalue weighted by Gasteiger charge is 2.10. The molecule has 3 heteroatoms. The molecule has 0 N–H and O–H groups in total. The van der Waals surface area contributed by atoms with Crippen LogP contribution in [0.15, 0.2) is 0 Å². The zero-order valence-corrected chi connectivity index (χ0v) is 5.30. The van der Waals surface area contributed by atoms with E-state index in [1.165, 1.54) is 13.8 Å². The van der Waals surface area contributed by atoms with Crippen molar-refractivity contribution < 1.29 is 14.6 Å². The maximum Gasteiger partial charge on any atom is 0.352 e. The Balaban J connectivity index is 3.60. The lowest BCUT2D eigenvalue weighted by atomic mass is 10.4. The molecule has 0 aromatic heterocycles. The molecule has 0 aromatic rings. The Labute approximate surface area is 53.6 Å². The van der Waals surface area contributed by atoms with Gasteiger partial charge in [0, 0.05) is 6.92 Å². The van der Waals surface area contributed by atoms with Gasteiger partial charge in [-0.1, -0.05) is 5.92 Å². The minimum atomic E-state index is -1.34. The van der Waals surface area contributed by atoms with Crippen molar-refractivity contribution in [3.8, 4) is 12.0 Å². The summed E-state index contributed by atoms with van der Waals surface area (Å²) in [6, 6.07) is 0. The first-order chi connectivity index (χ1) is 4.18. The number of carbonyl (C=O) groups is 1. The number of carbonyl (C=O) groups excluding carboxylic acids is 1. The molecule has 1 atom stereocenters. The van der Waals surface area contributed by atoms with Crippen LogP contribution in [0, 0.1) is 12.0 Å². The third-order valence-corrected chi connectivity index (χ3v) is 0.586. The van der Waals surface area contributed by atoms with Crippen LogP contribution in [-0.2, 0) is 14.6 Å². The van der Waals surface area contributed by atoms with Gasteiger partial charge in [0.25, 0.3) is 0 Å². The Hall–Kier alpha value is -1.01. The lowest BCUT2D eigenvalue weighted by Gasteiger charge is -1.93. The van der Waals surface area contributed by atoms with E-state index < -0.39 is 12.1 Å². The number of rotatable bonds is 1. The second kappa shape index (κ2) is 3.93. The Bertz CT molecular complexity index is 149. The van der Waals surface area contributed by atoms with Crippen LogP contribution < -0.4 is 0 Å². The van der Waals surface area contributed by atoms with Crippen LogP contribution in [0.1, 0.15) is 13.8 Å². The quantitative estimate of drug-likeness (QED) is 0.376. The zero-order valence-electron chi connectivity index (χ0n) is 5.30. The number of ether oxygens (including phenoxy) is 1. The van der Waals surface area contributed by atoms with Crippen molar-refractivity contribution in [2.75, 3.05) is 0 Å². The molecule has 0 fully saturated rings. The number of hydrogen-bond acceptors (Lipinski definition) is 2. The van der Waals surface area contributed by atoms with Gasteiger partial charge in [-0.15, -0.1) is 0 Å². The molecule has 0 heterocycles. The minimum absolute atomic E-state index is 0.829. The smallest absolute Gasteiger partial charge is 0.352 e. The lowest BCUT2D eigenvalue weighted by Crippen LogP contribution is -2.15. The normalized spacial score (nSPS) is 11.0. The van der Waals surface area contributed by atoms with Crippen LogP contribution in [0.2, 0.25) is 0 Å². The van der Waals surface area contributed by atoms with Gasteiger partial charge in [0.1, 0.15) is 6.11 Å². The molecule has 0 bridgehead atoms. The van der Waals surface area contributed by atoms with E-state index in [1.807, 2.05) is 6.11 Å². The highest BCUT2D eigenvalue weighted by molar-refractivity contribution is 5.74. The van der Waals surface area contributed by atoms with Gasteiger partial charge in [-0.25, -0.2) is 9.90 Å². The van der Waals surface area contributed by atoms with E-state index in [0.717, 1.165) is 0 Å². The predicted octanol–water partition coefficient (Wildman–Crippen LogP) is 0.329. The molecule has 49 valence electrons. The molecule has 0 spiro atoms. The van der Waals surface area contributed by atoms with E-state index >= 15 is 0 Å². The SMILES string of the molecule is CC#COC(=O)C(C)[O]. The minimum Gasteiger partial charge on any atom is -0.370 e. The summed E-state index contributed by atoms with van der Waals surface area (Å²) in [6.07, 6.45) is 0.688. The Morgan fingerprint density at radius 1 is 1.67 bits per heavy atom. The van der Waals surface area contributed by atoms with Crippen molar-refractivity contribution in [3.05, 3.63) is 0 Å². The third-order valence-electron chi connectivity index (χ3n) is 0.586. The van der Waals surface area contributed by atoms with Crippen LogP contribution in [-0.4, -0.2) is 12.1 Å². The molecule has 9 heavy (non-hydrogen) atoms. The first kappa shape index (κ1) is 7.99. The van der Waals surface area contributed by atoms with Crippen LogP contribution >= 0.6 is 0 Å². The fraction of sp³-hybridized carbons (Fsp3) is 0.500. The monoisotopic (exact) mass is 127 g/mol. The molecule has 3 nitrogen and oxygen atoms in total. The summed E-state index contributed by atoms with van der Waals surface area (Å²) in [4.78, 5) is 10.3.